The zero-order valence-electron chi connectivity index (χ0n) is 9.93. The molecular formula is C10H20N2O3S. The van der Waals surface area contributed by atoms with Gasteiger partial charge in [0.05, 0.1) is 6.61 Å². The highest BCUT2D eigenvalue weighted by Gasteiger charge is 2.25. The summed E-state index contributed by atoms with van der Waals surface area (Å²) in [6.07, 6.45) is 0. The van der Waals surface area contributed by atoms with Crippen molar-refractivity contribution in [2.24, 2.45) is 0 Å². The molecule has 0 aliphatic heterocycles. The number of carbonyl (C=O) groups is 2. The molecule has 2 amide bonds. The van der Waals surface area contributed by atoms with E-state index in [0.717, 1.165) is 0 Å². The smallest absolute Gasteiger partial charge is 0.246 e. The second kappa shape index (κ2) is 7.51. The van der Waals surface area contributed by atoms with Crippen molar-refractivity contribution in [3.8, 4) is 0 Å². The lowest BCUT2D eigenvalue weighted by atomic mass is 10.2. The highest BCUT2D eigenvalue weighted by molar-refractivity contribution is 7.80. The van der Waals surface area contributed by atoms with Crippen molar-refractivity contribution in [2.75, 3.05) is 18.9 Å². The minimum absolute atomic E-state index is 0.0178. The number of nitrogens with zero attached hydrogens (tertiary/aromatic N) is 1. The molecule has 0 rings (SSSR count). The zero-order chi connectivity index (χ0) is 12.7. The summed E-state index contributed by atoms with van der Waals surface area (Å²) in [5, 5.41) is 11.4. The number of aliphatic hydroxyl groups is 1. The average Bonchev–Trinajstić information content (AvgIpc) is 2.20. The third-order valence-electron chi connectivity index (χ3n) is 2.11. The van der Waals surface area contributed by atoms with E-state index in [-0.39, 0.29) is 36.8 Å². The number of nitrogens with one attached hydrogen (secondary N) is 1. The van der Waals surface area contributed by atoms with E-state index in [1.807, 2.05) is 13.8 Å². The van der Waals surface area contributed by atoms with Crippen LogP contribution in [0.1, 0.15) is 20.8 Å². The maximum Gasteiger partial charge on any atom is 0.246 e. The summed E-state index contributed by atoms with van der Waals surface area (Å²) in [6, 6.07) is -0.648. The maximum absolute atomic E-state index is 12.0. The molecule has 0 aliphatic carbocycles. The van der Waals surface area contributed by atoms with Crippen LogP contribution in [0, 0.1) is 0 Å². The number of amides is 2. The molecule has 5 nitrogen and oxygen atoms in total. The quantitative estimate of drug-likeness (QED) is 0.563. The Bertz CT molecular complexity index is 246. The highest BCUT2D eigenvalue weighted by atomic mass is 32.1. The molecule has 0 saturated heterocycles. The highest BCUT2D eigenvalue weighted by Crippen LogP contribution is 2.03. The lowest BCUT2D eigenvalue weighted by molar-refractivity contribution is -0.137. The van der Waals surface area contributed by atoms with Crippen LogP contribution in [0.2, 0.25) is 0 Å². The van der Waals surface area contributed by atoms with Gasteiger partial charge in [0.25, 0.3) is 0 Å². The number of rotatable bonds is 6. The Balaban J connectivity index is 4.61. The first kappa shape index (κ1) is 15.2. The van der Waals surface area contributed by atoms with Crippen LogP contribution in [0.3, 0.4) is 0 Å². The van der Waals surface area contributed by atoms with Gasteiger partial charge in [-0.1, -0.05) is 0 Å². The molecule has 0 bridgehead atoms. The number of thiol groups is 1. The summed E-state index contributed by atoms with van der Waals surface area (Å²) in [5.74, 6) is -0.234. The summed E-state index contributed by atoms with van der Waals surface area (Å²) in [6.45, 7) is 5.24. The molecule has 0 fully saturated rings. The molecule has 2 N–H and O–H groups in total. The fraction of sp³-hybridized carbons (Fsp3) is 0.800. The van der Waals surface area contributed by atoms with E-state index < -0.39 is 6.04 Å². The van der Waals surface area contributed by atoms with E-state index in [1.165, 1.54) is 11.8 Å². The SMILES string of the molecule is CC(=O)NC(CS)C(=O)N(CCO)C(C)C. The fourth-order valence-electron chi connectivity index (χ4n) is 1.36. The van der Waals surface area contributed by atoms with E-state index in [9.17, 15) is 9.59 Å². The van der Waals surface area contributed by atoms with Gasteiger partial charge in [-0.2, -0.15) is 12.6 Å². The Kier molecular flexibility index (Phi) is 7.16. The molecular weight excluding hydrogens is 228 g/mol. The van der Waals surface area contributed by atoms with Crippen molar-refractivity contribution in [2.45, 2.75) is 32.9 Å². The van der Waals surface area contributed by atoms with Crippen LogP contribution in [0.5, 0.6) is 0 Å². The summed E-state index contributed by atoms with van der Waals surface area (Å²) >= 11 is 4.04. The van der Waals surface area contributed by atoms with Crippen molar-refractivity contribution >= 4 is 24.4 Å². The second-order valence-corrected chi connectivity index (χ2v) is 4.15. The zero-order valence-corrected chi connectivity index (χ0v) is 10.8. The van der Waals surface area contributed by atoms with Crippen LogP contribution in [0.25, 0.3) is 0 Å². The average molecular weight is 248 g/mol. The lowest BCUT2D eigenvalue weighted by Gasteiger charge is -2.29. The topological polar surface area (TPSA) is 69.6 Å². The normalized spacial score (nSPS) is 12.4. The van der Waals surface area contributed by atoms with Crippen LogP contribution in [0.4, 0.5) is 0 Å². The molecule has 0 saturated carbocycles. The van der Waals surface area contributed by atoms with Crippen LogP contribution < -0.4 is 5.32 Å². The van der Waals surface area contributed by atoms with Gasteiger partial charge in [-0.15, -0.1) is 0 Å². The maximum atomic E-state index is 12.0. The molecule has 16 heavy (non-hydrogen) atoms. The van der Waals surface area contributed by atoms with E-state index in [1.54, 1.807) is 0 Å². The Hall–Kier alpha value is -0.750. The Morgan fingerprint density at radius 3 is 2.31 bits per heavy atom. The van der Waals surface area contributed by atoms with Gasteiger partial charge in [-0.3, -0.25) is 9.59 Å². The van der Waals surface area contributed by atoms with Gasteiger partial charge in [0.2, 0.25) is 11.8 Å². The van der Waals surface area contributed by atoms with Gasteiger partial charge in [-0.25, -0.2) is 0 Å². The molecule has 94 valence electrons. The number of hydrogen-bond acceptors (Lipinski definition) is 4. The first-order chi connectivity index (χ1) is 7.43. The summed E-state index contributed by atoms with van der Waals surface area (Å²) in [4.78, 5) is 24.4. The van der Waals surface area contributed by atoms with E-state index in [4.69, 9.17) is 5.11 Å². The van der Waals surface area contributed by atoms with Gasteiger partial charge >= 0.3 is 0 Å². The summed E-state index contributed by atoms with van der Waals surface area (Å²) < 4.78 is 0. The largest absolute Gasteiger partial charge is 0.395 e. The lowest BCUT2D eigenvalue weighted by Crippen LogP contribution is -2.52. The first-order valence-corrected chi connectivity index (χ1v) is 5.86. The van der Waals surface area contributed by atoms with Gasteiger partial charge < -0.3 is 15.3 Å². The van der Waals surface area contributed by atoms with Gasteiger partial charge in [0.1, 0.15) is 6.04 Å². The molecule has 1 atom stereocenters. The Morgan fingerprint density at radius 1 is 1.44 bits per heavy atom. The van der Waals surface area contributed by atoms with E-state index in [2.05, 4.69) is 17.9 Å². The third kappa shape index (κ3) is 4.85. The van der Waals surface area contributed by atoms with Crippen LogP contribution in [-0.4, -0.2) is 52.8 Å². The van der Waals surface area contributed by atoms with Crippen molar-refractivity contribution in [3.05, 3.63) is 0 Å². The number of hydrogen-bond donors (Lipinski definition) is 3. The predicted molar refractivity (Wildman–Crippen MR) is 65.4 cm³/mol. The van der Waals surface area contributed by atoms with E-state index in [0.29, 0.717) is 0 Å². The van der Waals surface area contributed by atoms with Crippen molar-refractivity contribution < 1.29 is 14.7 Å². The molecule has 0 aromatic rings. The summed E-state index contributed by atoms with van der Waals surface area (Å²) in [5.41, 5.74) is 0. The van der Waals surface area contributed by atoms with Crippen LogP contribution >= 0.6 is 12.6 Å². The van der Waals surface area contributed by atoms with Gasteiger partial charge in [0, 0.05) is 25.3 Å². The fourth-order valence-corrected chi connectivity index (χ4v) is 1.61. The van der Waals surface area contributed by atoms with Gasteiger partial charge in [0.15, 0.2) is 0 Å². The monoisotopic (exact) mass is 248 g/mol. The van der Waals surface area contributed by atoms with Gasteiger partial charge in [-0.05, 0) is 13.8 Å². The molecule has 0 radical (unpaired) electrons. The minimum atomic E-state index is -0.630. The summed E-state index contributed by atoms with van der Waals surface area (Å²) in [7, 11) is 0. The number of aliphatic hydroxyl groups excluding tert-OH is 1. The van der Waals surface area contributed by atoms with Crippen LogP contribution in [-0.2, 0) is 9.59 Å². The molecule has 0 aromatic heterocycles. The van der Waals surface area contributed by atoms with Crippen LogP contribution in [0.15, 0.2) is 0 Å². The van der Waals surface area contributed by atoms with Crippen molar-refractivity contribution in [3.63, 3.8) is 0 Å². The minimum Gasteiger partial charge on any atom is -0.395 e. The van der Waals surface area contributed by atoms with Crippen molar-refractivity contribution in [1.29, 1.82) is 0 Å². The predicted octanol–water partition coefficient (Wildman–Crippen LogP) is -0.350. The standard InChI is InChI=1S/C10H20N2O3S/c1-7(2)12(4-5-13)10(15)9(6-16)11-8(3)14/h7,9,13,16H,4-6H2,1-3H3,(H,11,14). The molecule has 0 aliphatic rings. The Morgan fingerprint density at radius 2 is 2.00 bits per heavy atom. The number of carbonyl (C=O) groups excluding carboxylic acids is 2. The second-order valence-electron chi connectivity index (χ2n) is 3.78. The molecule has 0 heterocycles. The molecule has 0 aromatic carbocycles. The molecule has 0 spiro atoms. The Labute approximate surface area is 102 Å². The molecule has 6 heteroatoms. The molecule has 1 unspecified atom stereocenters. The van der Waals surface area contributed by atoms with E-state index >= 15 is 0 Å². The third-order valence-corrected chi connectivity index (χ3v) is 2.47. The first-order valence-electron chi connectivity index (χ1n) is 5.23. The van der Waals surface area contributed by atoms with Crippen molar-refractivity contribution in [1.82, 2.24) is 10.2 Å².